The van der Waals surface area contributed by atoms with Gasteiger partial charge in [0.15, 0.2) is 0 Å². The van der Waals surface area contributed by atoms with Crippen molar-refractivity contribution in [1.82, 2.24) is 14.5 Å². The molecular formula is C12H23N3O. The number of hydrogen-bond donors (Lipinski definition) is 1. The van der Waals surface area contributed by atoms with E-state index in [0.29, 0.717) is 6.04 Å². The maximum absolute atomic E-state index is 11.8. The third-order valence-electron chi connectivity index (χ3n) is 2.91. The van der Waals surface area contributed by atoms with Gasteiger partial charge >= 0.3 is 5.69 Å². The summed E-state index contributed by atoms with van der Waals surface area (Å²) < 4.78 is 3.58. The summed E-state index contributed by atoms with van der Waals surface area (Å²) in [4.78, 5) is 11.8. The smallest absolute Gasteiger partial charge is 0.317 e. The van der Waals surface area contributed by atoms with Crippen LogP contribution in [0.3, 0.4) is 0 Å². The largest absolute Gasteiger partial charge is 0.328 e. The van der Waals surface area contributed by atoms with Gasteiger partial charge in [0.05, 0.1) is 0 Å². The highest BCUT2D eigenvalue weighted by Gasteiger charge is 2.03. The van der Waals surface area contributed by atoms with Crippen LogP contribution in [-0.2, 0) is 13.1 Å². The molecule has 1 heterocycles. The van der Waals surface area contributed by atoms with Gasteiger partial charge in [-0.2, -0.15) is 0 Å². The van der Waals surface area contributed by atoms with Crippen LogP contribution < -0.4 is 11.0 Å². The highest BCUT2D eigenvalue weighted by Crippen LogP contribution is 1.98. The Morgan fingerprint density at radius 2 is 1.94 bits per heavy atom. The van der Waals surface area contributed by atoms with Gasteiger partial charge in [0.25, 0.3) is 0 Å². The van der Waals surface area contributed by atoms with Crippen molar-refractivity contribution < 1.29 is 0 Å². The molecular weight excluding hydrogens is 202 g/mol. The monoisotopic (exact) mass is 225 g/mol. The molecule has 0 amide bonds. The number of aryl methyl sites for hydroxylation is 2. The second kappa shape index (κ2) is 6.53. The molecule has 4 nitrogen and oxygen atoms in total. The Balaban J connectivity index is 2.45. The van der Waals surface area contributed by atoms with Crippen LogP contribution in [0.2, 0.25) is 0 Å². The molecule has 0 saturated heterocycles. The predicted octanol–water partition coefficient (Wildman–Crippen LogP) is 1.45. The average molecular weight is 225 g/mol. The van der Waals surface area contributed by atoms with Crippen LogP contribution >= 0.6 is 0 Å². The minimum absolute atomic E-state index is 0.124. The van der Waals surface area contributed by atoms with E-state index in [1.165, 1.54) is 0 Å². The van der Waals surface area contributed by atoms with Gasteiger partial charge in [-0.1, -0.05) is 6.92 Å². The minimum Gasteiger partial charge on any atom is -0.317 e. The molecule has 1 aromatic rings. The van der Waals surface area contributed by atoms with Gasteiger partial charge in [-0.15, -0.1) is 0 Å². The lowest BCUT2D eigenvalue weighted by Gasteiger charge is -2.09. The molecule has 1 unspecified atom stereocenters. The standard InChI is InChI=1S/C12H23N3O/c1-4-7-14-9-10-15(12(14)16)8-5-6-11(2)13-3/h9-11,13H,4-8H2,1-3H3. The van der Waals surface area contributed by atoms with Gasteiger partial charge in [-0.25, -0.2) is 4.79 Å². The SMILES string of the molecule is CCCn1ccn(CCCC(C)NC)c1=O. The zero-order chi connectivity index (χ0) is 12.0. The summed E-state index contributed by atoms with van der Waals surface area (Å²) in [5.41, 5.74) is 0.124. The molecule has 92 valence electrons. The first kappa shape index (κ1) is 13.0. The minimum atomic E-state index is 0.124. The lowest BCUT2D eigenvalue weighted by molar-refractivity contribution is 0.496. The van der Waals surface area contributed by atoms with Crippen LogP contribution in [0.15, 0.2) is 17.2 Å². The zero-order valence-electron chi connectivity index (χ0n) is 10.6. The van der Waals surface area contributed by atoms with E-state index in [1.807, 2.05) is 19.4 Å². The van der Waals surface area contributed by atoms with E-state index in [4.69, 9.17) is 0 Å². The van der Waals surface area contributed by atoms with E-state index in [1.54, 1.807) is 9.13 Å². The van der Waals surface area contributed by atoms with Gasteiger partial charge in [0.2, 0.25) is 0 Å². The third-order valence-corrected chi connectivity index (χ3v) is 2.91. The normalized spacial score (nSPS) is 12.9. The predicted molar refractivity (Wildman–Crippen MR) is 66.7 cm³/mol. The van der Waals surface area contributed by atoms with Crippen LogP contribution in [-0.4, -0.2) is 22.2 Å². The summed E-state index contributed by atoms with van der Waals surface area (Å²) in [5, 5.41) is 3.20. The molecule has 0 aliphatic heterocycles. The second-order valence-electron chi connectivity index (χ2n) is 4.30. The molecule has 16 heavy (non-hydrogen) atoms. The summed E-state index contributed by atoms with van der Waals surface area (Å²) in [5.74, 6) is 0. The molecule has 0 aromatic carbocycles. The van der Waals surface area contributed by atoms with Crippen molar-refractivity contribution in [3.63, 3.8) is 0 Å². The summed E-state index contributed by atoms with van der Waals surface area (Å²) in [6, 6.07) is 0.522. The van der Waals surface area contributed by atoms with E-state index < -0.39 is 0 Å². The van der Waals surface area contributed by atoms with Crippen LogP contribution in [0.1, 0.15) is 33.1 Å². The van der Waals surface area contributed by atoms with Crippen molar-refractivity contribution in [2.75, 3.05) is 7.05 Å². The fourth-order valence-corrected chi connectivity index (χ4v) is 1.75. The quantitative estimate of drug-likeness (QED) is 0.763. The van der Waals surface area contributed by atoms with E-state index in [9.17, 15) is 4.79 Å². The lowest BCUT2D eigenvalue weighted by Crippen LogP contribution is -2.25. The maximum Gasteiger partial charge on any atom is 0.328 e. The van der Waals surface area contributed by atoms with Crippen molar-refractivity contribution in [3.05, 3.63) is 22.9 Å². The highest BCUT2D eigenvalue weighted by molar-refractivity contribution is 4.81. The Morgan fingerprint density at radius 3 is 2.50 bits per heavy atom. The molecule has 1 aromatic heterocycles. The Kier molecular flexibility index (Phi) is 5.32. The van der Waals surface area contributed by atoms with Gasteiger partial charge < -0.3 is 5.32 Å². The molecule has 0 aliphatic carbocycles. The first-order valence-electron chi connectivity index (χ1n) is 6.11. The Bertz CT molecular complexity index is 353. The average Bonchev–Trinajstić information content (AvgIpc) is 2.62. The van der Waals surface area contributed by atoms with Crippen molar-refractivity contribution in [2.24, 2.45) is 0 Å². The molecule has 0 bridgehead atoms. The summed E-state index contributed by atoms with van der Waals surface area (Å²) in [6.07, 6.45) is 6.91. The van der Waals surface area contributed by atoms with Crippen molar-refractivity contribution in [1.29, 1.82) is 0 Å². The molecule has 0 spiro atoms. The van der Waals surface area contributed by atoms with E-state index in [2.05, 4.69) is 19.2 Å². The Hall–Kier alpha value is -1.03. The third kappa shape index (κ3) is 3.52. The van der Waals surface area contributed by atoms with Crippen molar-refractivity contribution >= 4 is 0 Å². The number of aromatic nitrogens is 2. The van der Waals surface area contributed by atoms with Crippen LogP contribution in [0.5, 0.6) is 0 Å². The molecule has 0 aliphatic rings. The lowest BCUT2D eigenvalue weighted by atomic mass is 10.2. The number of imidazole rings is 1. The summed E-state index contributed by atoms with van der Waals surface area (Å²) in [6.45, 7) is 5.88. The highest BCUT2D eigenvalue weighted by atomic mass is 16.1. The molecule has 0 saturated carbocycles. The molecule has 0 radical (unpaired) electrons. The molecule has 1 rings (SSSR count). The Morgan fingerprint density at radius 1 is 1.31 bits per heavy atom. The van der Waals surface area contributed by atoms with Crippen molar-refractivity contribution in [3.8, 4) is 0 Å². The zero-order valence-corrected chi connectivity index (χ0v) is 10.6. The molecule has 4 heteroatoms. The first-order valence-corrected chi connectivity index (χ1v) is 6.11. The Labute approximate surface area is 97.3 Å². The van der Waals surface area contributed by atoms with Crippen LogP contribution in [0, 0.1) is 0 Å². The number of rotatable bonds is 7. The van der Waals surface area contributed by atoms with Crippen LogP contribution in [0.25, 0.3) is 0 Å². The number of nitrogens with zero attached hydrogens (tertiary/aromatic N) is 2. The maximum atomic E-state index is 11.8. The molecule has 1 N–H and O–H groups in total. The van der Waals surface area contributed by atoms with Gasteiger partial charge in [0.1, 0.15) is 0 Å². The summed E-state index contributed by atoms with van der Waals surface area (Å²) >= 11 is 0. The number of hydrogen-bond acceptors (Lipinski definition) is 2. The van der Waals surface area contributed by atoms with Crippen LogP contribution in [0.4, 0.5) is 0 Å². The number of nitrogens with one attached hydrogen (secondary N) is 1. The fourth-order valence-electron chi connectivity index (χ4n) is 1.75. The second-order valence-corrected chi connectivity index (χ2v) is 4.30. The van der Waals surface area contributed by atoms with Gasteiger partial charge in [0, 0.05) is 31.5 Å². The first-order chi connectivity index (χ1) is 7.69. The van der Waals surface area contributed by atoms with Gasteiger partial charge in [-0.05, 0) is 33.2 Å². The van der Waals surface area contributed by atoms with Crippen molar-refractivity contribution in [2.45, 2.75) is 52.2 Å². The topological polar surface area (TPSA) is 39.0 Å². The van der Waals surface area contributed by atoms with E-state index in [-0.39, 0.29) is 5.69 Å². The van der Waals surface area contributed by atoms with E-state index >= 15 is 0 Å². The summed E-state index contributed by atoms with van der Waals surface area (Å²) in [7, 11) is 1.97. The molecule has 0 fully saturated rings. The molecule has 1 atom stereocenters. The fraction of sp³-hybridized carbons (Fsp3) is 0.750. The van der Waals surface area contributed by atoms with Gasteiger partial charge in [-0.3, -0.25) is 9.13 Å². The van der Waals surface area contributed by atoms with E-state index in [0.717, 1.165) is 32.4 Å².